The van der Waals surface area contributed by atoms with Gasteiger partial charge in [0.05, 0.1) is 11.0 Å². The third kappa shape index (κ3) is 4.11. The molecule has 0 aliphatic heterocycles. The molecule has 0 saturated heterocycles. The number of fused-ring (bicyclic) bond motifs is 7. The summed E-state index contributed by atoms with van der Waals surface area (Å²) in [5, 5.41) is 6.51. The first-order valence-corrected chi connectivity index (χ1v) is 16.0. The monoisotopic (exact) mass is 618 g/mol. The van der Waals surface area contributed by atoms with Crippen LogP contribution in [0.4, 0.5) is 0 Å². The highest BCUT2D eigenvalue weighted by molar-refractivity contribution is 6.20. The molecule has 0 amide bonds. The van der Waals surface area contributed by atoms with Crippen LogP contribution in [0, 0.1) is 0 Å². The van der Waals surface area contributed by atoms with E-state index in [1.165, 1.54) is 0 Å². The van der Waals surface area contributed by atoms with E-state index in [1.807, 2.05) is 109 Å². The molecule has 48 heavy (non-hydrogen) atoms. The molecule has 9 aromatic carbocycles. The van der Waals surface area contributed by atoms with Crippen LogP contribution in [-0.4, -0.2) is 0 Å². The molecule has 0 aliphatic rings. The van der Waals surface area contributed by atoms with E-state index in [-0.39, 0.29) is 52.1 Å². The normalized spacial score (nSPS) is 14.2. The lowest BCUT2D eigenvalue weighted by Gasteiger charge is -2.20. The van der Waals surface area contributed by atoms with Gasteiger partial charge >= 0.3 is 0 Å². The van der Waals surface area contributed by atoms with Crippen molar-refractivity contribution in [1.82, 2.24) is 0 Å². The third-order valence-electron chi connectivity index (χ3n) is 9.61. The first kappa shape index (κ1) is 20.1. The SMILES string of the molecule is [2H]c1c([2H])c([2H])c2c(-c3ccc(-c4ccc5c(c4)oc4ccccc45)c4ccccc34)c3c([2H])c([2H])c([2H])c([2H])c3c(Cc3cccc4ccccc34)c2c1[2H]. The Bertz CT molecular complexity index is 3240. The lowest BCUT2D eigenvalue weighted by molar-refractivity contribution is 0.669. The van der Waals surface area contributed by atoms with Crippen molar-refractivity contribution < 1.29 is 15.4 Å². The zero-order valence-electron chi connectivity index (χ0n) is 33.7. The van der Waals surface area contributed by atoms with Crippen LogP contribution in [0.25, 0.3) is 87.3 Å². The highest BCUT2D eigenvalue weighted by atomic mass is 16.3. The van der Waals surface area contributed by atoms with Crippen LogP contribution < -0.4 is 0 Å². The van der Waals surface area contributed by atoms with E-state index >= 15 is 0 Å². The van der Waals surface area contributed by atoms with Crippen LogP contribution in [0.15, 0.2) is 174 Å². The van der Waals surface area contributed by atoms with Gasteiger partial charge in [0.1, 0.15) is 11.2 Å². The van der Waals surface area contributed by atoms with Crippen molar-refractivity contribution in [1.29, 1.82) is 0 Å². The maximum absolute atomic E-state index is 9.43. The Balaban J connectivity index is 1.33. The Morgan fingerprint density at radius 1 is 0.438 bits per heavy atom. The first-order valence-electron chi connectivity index (χ1n) is 20.0. The van der Waals surface area contributed by atoms with E-state index in [2.05, 4.69) is 12.1 Å². The molecular formula is C47H30O. The predicted octanol–water partition coefficient (Wildman–Crippen LogP) is 13.1. The molecule has 0 unspecified atom stereocenters. The maximum Gasteiger partial charge on any atom is 0.136 e. The number of rotatable bonds is 4. The van der Waals surface area contributed by atoms with Crippen molar-refractivity contribution >= 4 is 65.0 Å². The highest BCUT2D eigenvalue weighted by Gasteiger charge is 2.19. The molecule has 10 aromatic rings. The van der Waals surface area contributed by atoms with Gasteiger partial charge in [0.25, 0.3) is 0 Å². The summed E-state index contributed by atoms with van der Waals surface area (Å²) in [5.74, 6) is 0. The van der Waals surface area contributed by atoms with Crippen LogP contribution in [-0.2, 0) is 6.42 Å². The predicted molar refractivity (Wildman–Crippen MR) is 204 cm³/mol. The van der Waals surface area contributed by atoms with Crippen molar-refractivity contribution in [2.24, 2.45) is 0 Å². The van der Waals surface area contributed by atoms with Gasteiger partial charge in [-0.15, -0.1) is 0 Å². The maximum atomic E-state index is 9.43. The summed E-state index contributed by atoms with van der Waals surface area (Å²) >= 11 is 0. The van der Waals surface area contributed by atoms with Crippen molar-refractivity contribution in [2.45, 2.75) is 6.42 Å². The van der Waals surface area contributed by atoms with Crippen molar-refractivity contribution in [3.8, 4) is 22.3 Å². The molecule has 0 bridgehead atoms. The first-order chi connectivity index (χ1) is 27.1. The minimum Gasteiger partial charge on any atom is -0.456 e. The van der Waals surface area contributed by atoms with Crippen molar-refractivity contribution in [2.75, 3.05) is 0 Å². The van der Waals surface area contributed by atoms with E-state index in [1.54, 1.807) is 0 Å². The van der Waals surface area contributed by atoms with Gasteiger partial charge in [-0.1, -0.05) is 151 Å². The van der Waals surface area contributed by atoms with E-state index in [9.17, 15) is 5.48 Å². The average molecular weight is 619 g/mol. The Morgan fingerprint density at radius 2 is 1.02 bits per heavy atom. The van der Waals surface area contributed by atoms with Gasteiger partial charge in [-0.2, -0.15) is 0 Å². The summed E-state index contributed by atoms with van der Waals surface area (Å²) in [5.41, 5.74) is 5.62. The molecule has 0 saturated carbocycles. The lowest BCUT2D eigenvalue weighted by atomic mass is 9.83. The molecule has 1 heterocycles. The van der Waals surface area contributed by atoms with E-state index in [0.717, 1.165) is 60.2 Å². The minimum absolute atomic E-state index is 0.169. The minimum atomic E-state index is -0.417. The van der Waals surface area contributed by atoms with Crippen molar-refractivity contribution in [3.63, 3.8) is 0 Å². The average Bonchev–Trinajstić information content (AvgIpc) is 3.60. The summed E-state index contributed by atoms with van der Waals surface area (Å²) in [6.07, 6.45) is 0.169. The molecule has 224 valence electrons. The topological polar surface area (TPSA) is 13.1 Å². The van der Waals surface area contributed by atoms with Gasteiger partial charge < -0.3 is 4.42 Å². The highest BCUT2D eigenvalue weighted by Crippen LogP contribution is 2.45. The Labute approximate surface area is 289 Å². The fourth-order valence-electron chi connectivity index (χ4n) is 7.45. The van der Waals surface area contributed by atoms with Crippen LogP contribution in [0.3, 0.4) is 0 Å². The van der Waals surface area contributed by atoms with Gasteiger partial charge in [0, 0.05) is 10.8 Å². The number of hydrogen-bond acceptors (Lipinski definition) is 1. The number of para-hydroxylation sites is 1. The molecule has 0 spiro atoms. The molecular weight excluding hydrogens is 581 g/mol. The molecule has 0 N–H and O–H groups in total. The molecule has 1 heteroatoms. The van der Waals surface area contributed by atoms with Gasteiger partial charge in [-0.25, -0.2) is 0 Å². The fourth-order valence-corrected chi connectivity index (χ4v) is 7.45. The van der Waals surface area contributed by atoms with E-state index < -0.39 is 24.2 Å². The van der Waals surface area contributed by atoms with Gasteiger partial charge in [0.15, 0.2) is 0 Å². The van der Waals surface area contributed by atoms with Crippen LogP contribution in [0.5, 0.6) is 0 Å². The second kappa shape index (κ2) is 10.7. The number of hydrogen-bond donors (Lipinski definition) is 0. The molecule has 1 nitrogen and oxygen atoms in total. The second-order valence-electron chi connectivity index (χ2n) is 12.2. The van der Waals surface area contributed by atoms with Gasteiger partial charge in [-0.3, -0.25) is 0 Å². The number of benzene rings is 9. The zero-order valence-corrected chi connectivity index (χ0v) is 25.7. The second-order valence-corrected chi connectivity index (χ2v) is 12.2. The van der Waals surface area contributed by atoms with E-state index in [0.29, 0.717) is 16.7 Å². The lowest BCUT2D eigenvalue weighted by Crippen LogP contribution is -1.97. The van der Waals surface area contributed by atoms with Gasteiger partial charge in [0.2, 0.25) is 0 Å². The summed E-state index contributed by atoms with van der Waals surface area (Å²) in [4.78, 5) is 0. The van der Waals surface area contributed by atoms with Crippen LogP contribution in [0.2, 0.25) is 0 Å². The molecule has 0 fully saturated rings. The largest absolute Gasteiger partial charge is 0.456 e. The summed E-state index contributed by atoms with van der Waals surface area (Å²) < 4.78 is 79.2. The standard InChI is InChI=1S/C47H30O/c1-2-15-33-30(12-1)13-11-14-31(33)28-44-37-18-5-7-21-41(37)47(42-22-8-6-19-38(42)44)43-27-26-34(35-16-3-4-17-36(35)43)32-24-25-40-39-20-9-10-23-45(39)48-46(40)29-32/h1-27,29H,28H2/i5D,6D,7D,8D,18D,19D,21D,22D. The van der Waals surface area contributed by atoms with Gasteiger partial charge in [-0.05, 0) is 101 Å². The molecule has 0 atom stereocenters. The summed E-state index contributed by atoms with van der Waals surface area (Å²) in [7, 11) is 0. The molecule has 10 rings (SSSR count). The third-order valence-corrected chi connectivity index (χ3v) is 9.61. The van der Waals surface area contributed by atoms with E-state index in [4.69, 9.17) is 9.90 Å². The zero-order chi connectivity index (χ0) is 38.6. The summed E-state index contributed by atoms with van der Waals surface area (Å²) in [6, 6.07) is 36.8. The van der Waals surface area contributed by atoms with Crippen molar-refractivity contribution in [3.05, 3.63) is 181 Å². The summed E-state index contributed by atoms with van der Waals surface area (Å²) in [6.45, 7) is 0. The Hall–Kier alpha value is -6.18. The quantitative estimate of drug-likeness (QED) is 0.179. The molecule has 1 aromatic heterocycles. The smallest absolute Gasteiger partial charge is 0.136 e. The van der Waals surface area contributed by atoms with Crippen LogP contribution >= 0.6 is 0 Å². The Morgan fingerprint density at radius 3 is 1.79 bits per heavy atom. The molecule has 0 radical (unpaired) electrons. The van der Waals surface area contributed by atoms with Crippen LogP contribution in [0.1, 0.15) is 22.1 Å². The fraction of sp³-hybridized carbons (Fsp3) is 0.0213. The molecule has 0 aliphatic carbocycles. The number of furan rings is 1. The Kier molecular flexibility index (Phi) is 4.48.